The molecule has 110 valence electrons. The van der Waals surface area contributed by atoms with Crippen molar-refractivity contribution in [2.45, 2.75) is 5.16 Å². The summed E-state index contributed by atoms with van der Waals surface area (Å²) in [5.74, 6) is 0.998. The van der Waals surface area contributed by atoms with Crippen LogP contribution in [0.3, 0.4) is 0 Å². The van der Waals surface area contributed by atoms with Gasteiger partial charge in [0.15, 0.2) is 22.5 Å². The van der Waals surface area contributed by atoms with Crippen LogP contribution in [0.2, 0.25) is 0 Å². The fourth-order valence-corrected chi connectivity index (χ4v) is 2.68. The zero-order valence-electron chi connectivity index (χ0n) is 11.3. The molecule has 0 saturated heterocycles. The van der Waals surface area contributed by atoms with Crippen molar-refractivity contribution >= 4 is 17.7 Å². The SMILES string of the molecule is Cn1c(SCC(=O)O)nnc1-c1cccc2c1OCCO2. The number of aromatic nitrogens is 3. The molecular weight excluding hydrogens is 294 g/mol. The lowest BCUT2D eigenvalue weighted by molar-refractivity contribution is -0.133. The molecule has 0 atom stereocenters. The van der Waals surface area contributed by atoms with Crippen molar-refractivity contribution in [2.24, 2.45) is 7.05 Å². The van der Waals surface area contributed by atoms with Crippen LogP contribution in [0.5, 0.6) is 11.5 Å². The summed E-state index contributed by atoms with van der Waals surface area (Å²) in [5, 5.41) is 17.4. The normalized spacial score (nSPS) is 13.2. The number of thioether (sulfide) groups is 1. The predicted octanol–water partition coefficient (Wildman–Crippen LogP) is 1.43. The molecule has 8 heteroatoms. The first-order valence-corrected chi connectivity index (χ1v) is 7.28. The Balaban J connectivity index is 1.96. The van der Waals surface area contributed by atoms with Gasteiger partial charge in [0, 0.05) is 7.05 Å². The number of ether oxygens (including phenoxy) is 2. The van der Waals surface area contributed by atoms with E-state index < -0.39 is 5.97 Å². The van der Waals surface area contributed by atoms with Crippen LogP contribution in [0.15, 0.2) is 23.4 Å². The molecule has 2 aromatic rings. The van der Waals surface area contributed by atoms with Crippen LogP contribution in [0.4, 0.5) is 0 Å². The Labute approximate surface area is 124 Å². The van der Waals surface area contributed by atoms with E-state index in [1.165, 1.54) is 0 Å². The molecule has 0 amide bonds. The maximum atomic E-state index is 10.6. The lowest BCUT2D eigenvalue weighted by atomic mass is 10.1. The Morgan fingerprint density at radius 1 is 1.38 bits per heavy atom. The molecule has 0 spiro atoms. The number of nitrogens with zero attached hydrogens (tertiary/aromatic N) is 3. The van der Waals surface area contributed by atoms with Gasteiger partial charge in [0.1, 0.15) is 13.2 Å². The smallest absolute Gasteiger partial charge is 0.313 e. The minimum atomic E-state index is -0.890. The number of carbonyl (C=O) groups is 1. The Hall–Kier alpha value is -2.22. The van der Waals surface area contributed by atoms with Crippen molar-refractivity contribution in [3.05, 3.63) is 18.2 Å². The standard InChI is InChI=1S/C13H13N3O4S/c1-16-12(14-15-13(16)21-7-10(17)18)8-3-2-4-9-11(8)20-6-5-19-9/h2-4H,5-7H2,1H3,(H,17,18). The highest BCUT2D eigenvalue weighted by molar-refractivity contribution is 7.99. The van der Waals surface area contributed by atoms with Gasteiger partial charge in [0.05, 0.1) is 11.3 Å². The van der Waals surface area contributed by atoms with Gasteiger partial charge in [-0.1, -0.05) is 17.8 Å². The third-order valence-electron chi connectivity index (χ3n) is 2.97. The fraction of sp³-hybridized carbons (Fsp3) is 0.308. The maximum absolute atomic E-state index is 10.6. The van der Waals surface area contributed by atoms with Crippen molar-refractivity contribution in [3.8, 4) is 22.9 Å². The van der Waals surface area contributed by atoms with Gasteiger partial charge in [0.2, 0.25) is 0 Å². The number of carboxylic acid groups (broad SMARTS) is 1. The first kappa shape index (κ1) is 13.7. The molecule has 0 unspecified atom stereocenters. The number of benzene rings is 1. The summed E-state index contributed by atoms with van der Waals surface area (Å²) in [6, 6.07) is 5.58. The van der Waals surface area contributed by atoms with E-state index >= 15 is 0 Å². The van der Waals surface area contributed by atoms with Gasteiger partial charge in [-0.05, 0) is 12.1 Å². The van der Waals surface area contributed by atoms with Gasteiger partial charge < -0.3 is 19.1 Å². The highest BCUT2D eigenvalue weighted by Gasteiger charge is 2.21. The molecule has 3 rings (SSSR count). The van der Waals surface area contributed by atoms with Crippen LogP contribution in [-0.2, 0) is 11.8 Å². The molecule has 0 fully saturated rings. The number of carboxylic acids is 1. The third kappa shape index (κ3) is 2.66. The van der Waals surface area contributed by atoms with Gasteiger partial charge in [-0.25, -0.2) is 0 Å². The Bertz CT molecular complexity index is 686. The van der Waals surface area contributed by atoms with Gasteiger partial charge in [0.25, 0.3) is 0 Å². The second kappa shape index (κ2) is 5.65. The fourth-order valence-electron chi connectivity index (χ4n) is 2.05. The summed E-state index contributed by atoms with van der Waals surface area (Å²) >= 11 is 1.13. The number of hydrogen-bond donors (Lipinski definition) is 1. The molecule has 0 bridgehead atoms. The lowest BCUT2D eigenvalue weighted by Gasteiger charge is -2.20. The van der Waals surface area contributed by atoms with Crippen LogP contribution in [0, 0.1) is 0 Å². The Morgan fingerprint density at radius 3 is 3.00 bits per heavy atom. The van der Waals surface area contributed by atoms with Crippen LogP contribution >= 0.6 is 11.8 Å². The zero-order valence-corrected chi connectivity index (χ0v) is 12.1. The van der Waals surface area contributed by atoms with Crippen LogP contribution in [-0.4, -0.2) is 44.8 Å². The molecule has 0 saturated carbocycles. The van der Waals surface area contributed by atoms with Crippen molar-refractivity contribution < 1.29 is 19.4 Å². The second-order valence-corrected chi connectivity index (χ2v) is 5.32. The highest BCUT2D eigenvalue weighted by atomic mass is 32.2. The number of hydrogen-bond acceptors (Lipinski definition) is 6. The van der Waals surface area contributed by atoms with Crippen molar-refractivity contribution in [3.63, 3.8) is 0 Å². The van der Waals surface area contributed by atoms with Gasteiger partial charge >= 0.3 is 5.97 Å². The average Bonchev–Trinajstić information content (AvgIpc) is 2.85. The quantitative estimate of drug-likeness (QED) is 0.855. The van der Waals surface area contributed by atoms with E-state index in [1.807, 2.05) is 18.2 Å². The van der Waals surface area contributed by atoms with Crippen molar-refractivity contribution in [2.75, 3.05) is 19.0 Å². The summed E-state index contributed by atoms with van der Waals surface area (Å²) in [6.07, 6.45) is 0. The first-order valence-electron chi connectivity index (χ1n) is 6.30. The second-order valence-electron chi connectivity index (χ2n) is 4.38. The molecule has 7 nitrogen and oxygen atoms in total. The highest BCUT2D eigenvalue weighted by Crippen LogP contribution is 2.39. The summed E-state index contributed by atoms with van der Waals surface area (Å²) in [6.45, 7) is 1.01. The third-order valence-corrected chi connectivity index (χ3v) is 3.97. The number of fused-ring (bicyclic) bond motifs is 1. The predicted molar refractivity (Wildman–Crippen MR) is 75.8 cm³/mol. The monoisotopic (exact) mass is 307 g/mol. The molecule has 1 aliphatic rings. The minimum Gasteiger partial charge on any atom is -0.486 e. The first-order chi connectivity index (χ1) is 10.2. The van der Waals surface area contributed by atoms with E-state index in [4.69, 9.17) is 14.6 Å². The molecule has 2 heterocycles. The lowest BCUT2D eigenvalue weighted by Crippen LogP contribution is -2.16. The minimum absolute atomic E-state index is 0.0571. The average molecular weight is 307 g/mol. The molecule has 0 radical (unpaired) electrons. The largest absolute Gasteiger partial charge is 0.486 e. The van der Waals surface area contributed by atoms with Crippen LogP contribution in [0.25, 0.3) is 11.4 Å². The topological polar surface area (TPSA) is 86.5 Å². The molecule has 21 heavy (non-hydrogen) atoms. The molecule has 1 aromatic carbocycles. The molecule has 0 aliphatic carbocycles. The van der Waals surface area contributed by atoms with Gasteiger partial charge in [-0.3, -0.25) is 4.79 Å². The molecule has 1 aliphatic heterocycles. The van der Waals surface area contributed by atoms with Gasteiger partial charge in [-0.15, -0.1) is 10.2 Å². The van der Waals surface area contributed by atoms with E-state index in [9.17, 15) is 4.79 Å². The van der Waals surface area contributed by atoms with Crippen molar-refractivity contribution in [1.29, 1.82) is 0 Å². The van der Waals surface area contributed by atoms with Crippen LogP contribution < -0.4 is 9.47 Å². The zero-order chi connectivity index (χ0) is 14.8. The summed E-state index contributed by atoms with van der Waals surface area (Å²) in [7, 11) is 1.79. The number of para-hydroxylation sites is 1. The molecule has 1 N–H and O–H groups in total. The van der Waals surface area contributed by atoms with Crippen molar-refractivity contribution in [1.82, 2.24) is 14.8 Å². The Kier molecular flexibility index (Phi) is 3.70. The van der Waals surface area contributed by atoms with Gasteiger partial charge in [-0.2, -0.15) is 0 Å². The van der Waals surface area contributed by atoms with Crippen LogP contribution in [0.1, 0.15) is 0 Å². The van der Waals surface area contributed by atoms with E-state index in [1.54, 1.807) is 11.6 Å². The van der Waals surface area contributed by atoms with E-state index in [-0.39, 0.29) is 5.75 Å². The molecule has 1 aromatic heterocycles. The van der Waals surface area contributed by atoms with E-state index in [2.05, 4.69) is 10.2 Å². The van der Waals surface area contributed by atoms with E-state index in [0.717, 1.165) is 17.3 Å². The molecular formula is C13H13N3O4S. The van der Waals surface area contributed by atoms with E-state index in [0.29, 0.717) is 35.7 Å². The maximum Gasteiger partial charge on any atom is 0.313 e. The number of aliphatic carboxylic acids is 1. The summed E-state index contributed by atoms with van der Waals surface area (Å²) in [5.41, 5.74) is 0.782. The Morgan fingerprint density at radius 2 is 2.19 bits per heavy atom. The summed E-state index contributed by atoms with van der Waals surface area (Å²) < 4.78 is 13.0. The number of rotatable bonds is 4. The summed E-state index contributed by atoms with van der Waals surface area (Å²) in [4.78, 5) is 10.6.